The molecule has 0 aromatic heterocycles. The monoisotopic (exact) mass is 250 g/mol. The van der Waals surface area contributed by atoms with Crippen LogP contribution in [0.1, 0.15) is 38.2 Å². The Labute approximate surface area is 109 Å². The van der Waals surface area contributed by atoms with Gasteiger partial charge in [0.25, 0.3) is 0 Å². The lowest BCUT2D eigenvalue weighted by molar-refractivity contribution is 0.373. The van der Waals surface area contributed by atoms with Gasteiger partial charge in [-0.2, -0.15) is 5.10 Å². The summed E-state index contributed by atoms with van der Waals surface area (Å²) in [7, 11) is 1.53. The summed E-state index contributed by atoms with van der Waals surface area (Å²) in [6.07, 6.45) is 6.63. The highest BCUT2D eigenvalue weighted by molar-refractivity contribution is 5.80. The Kier molecular flexibility index (Phi) is 6.69. The van der Waals surface area contributed by atoms with E-state index in [1.54, 1.807) is 24.4 Å². The summed E-state index contributed by atoms with van der Waals surface area (Å²) < 4.78 is 5.03. The van der Waals surface area contributed by atoms with Gasteiger partial charge in [-0.05, 0) is 30.2 Å². The summed E-state index contributed by atoms with van der Waals surface area (Å²) in [5.41, 5.74) is 3.91. The largest absolute Gasteiger partial charge is 0.504 e. The molecule has 0 fully saturated rings. The number of aromatic hydroxyl groups is 1. The molecule has 4 heteroatoms. The fourth-order valence-corrected chi connectivity index (χ4v) is 1.59. The predicted octanol–water partition coefficient (Wildman–Crippen LogP) is 2.90. The molecular weight excluding hydrogens is 228 g/mol. The number of phenols is 1. The number of methoxy groups -OCH3 is 1. The Hall–Kier alpha value is -1.71. The van der Waals surface area contributed by atoms with E-state index in [-0.39, 0.29) is 5.75 Å². The van der Waals surface area contributed by atoms with Crippen LogP contribution in [-0.4, -0.2) is 25.0 Å². The van der Waals surface area contributed by atoms with Gasteiger partial charge in [-0.15, -0.1) is 0 Å². The van der Waals surface area contributed by atoms with Crippen molar-refractivity contribution >= 4 is 6.21 Å². The second-order valence-corrected chi connectivity index (χ2v) is 4.16. The maximum Gasteiger partial charge on any atom is 0.161 e. The molecule has 1 rings (SSSR count). The van der Waals surface area contributed by atoms with Crippen molar-refractivity contribution in [2.45, 2.75) is 32.6 Å². The first kappa shape index (κ1) is 14.4. The van der Waals surface area contributed by atoms with Gasteiger partial charge in [0.15, 0.2) is 11.5 Å². The Morgan fingerprint density at radius 3 is 2.89 bits per heavy atom. The van der Waals surface area contributed by atoms with Crippen LogP contribution in [0.4, 0.5) is 0 Å². The van der Waals surface area contributed by atoms with Crippen LogP contribution < -0.4 is 10.2 Å². The zero-order valence-corrected chi connectivity index (χ0v) is 11.1. The third kappa shape index (κ3) is 5.08. The highest BCUT2D eigenvalue weighted by Crippen LogP contribution is 2.25. The van der Waals surface area contributed by atoms with Gasteiger partial charge in [-0.25, -0.2) is 0 Å². The molecule has 1 aromatic carbocycles. The summed E-state index contributed by atoms with van der Waals surface area (Å²) in [6.45, 7) is 3.09. The van der Waals surface area contributed by atoms with Gasteiger partial charge in [0, 0.05) is 6.54 Å². The summed E-state index contributed by atoms with van der Waals surface area (Å²) in [5.74, 6) is 0.601. The summed E-state index contributed by atoms with van der Waals surface area (Å²) in [4.78, 5) is 0. The molecule has 0 bridgehead atoms. The molecule has 0 heterocycles. The number of rotatable bonds is 8. The van der Waals surface area contributed by atoms with E-state index >= 15 is 0 Å². The van der Waals surface area contributed by atoms with E-state index in [0.717, 1.165) is 18.5 Å². The van der Waals surface area contributed by atoms with Crippen LogP contribution in [-0.2, 0) is 0 Å². The minimum absolute atomic E-state index is 0.141. The van der Waals surface area contributed by atoms with Gasteiger partial charge in [0.05, 0.1) is 13.3 Å². The Morgan fingerprint density at radius 1 is 1.33 bits per heavy atom. The quantitative estimate of drug-likeness (QED) is 0.424. The van der Waals surface area contributed by atoms with Crippen LogP contribution in [0.5, 0.6) is 11.5 Å². The lowest BCUT2D eigenvalue weighted by Gasteiger charge is -2.03. The molecule has 0 unspecified atom stereocenters. The zero-order chi connectivity index (χ0) is 13.2. The van der Waals surface area contributed by atoms with Gasteiger partial charge in [0.1, 0.15) is 0 Å². The van der Waals surface area contributed by atoms with Crippen molar-refractivity contribution in [2.24, 2.45) is 5.10 Å². The summed E-state index contributed by atoms with van der Waals surface area (Å²) in [6, 6.07) is 5.14. The number of benzene rings is 1. The molecule has 0 saturated carbocycles. The van der Waals surface area contributed by atoms with E-state index in [2.05, 4.69) is 17.5 Å². The maximum atomic E-state index is 9.44. The number of unbranched alkanes of at least 4 members (excludes halogenated alkanes) is 3. The number of nitrogens with one attached hydrogen (secondary N) is 1. The van der Waals surface area contributed by atoms with Crippen LogP contribution in [0.15, 0.2) is 23.3 Å². The van der Waals surface area contributed by atoms with Gasteiger partial charge < -0.3 is 15.3 Å². The topological polar surface area (TPSA) is 53.9 Å². The van der Waals surface area contributed by atoms with E-state index in [1.807, 2.05) is 0 Å². The number of hydrazone groups is 1. The Morgan fingerprint density at radius 2 is 2.17 bits per heavy atom. The van der Waals surface area contributed by atoms with Crippen molar-refractivity contribution in [1.29, 1.82) is 0 Å². The van der Waals surface area contributed by atoms with Crippen LogP contribution >= 0.6 is 0 Å². The highest BCUT2D eigenvalue weighted by Gasteiger charge is 2.00. The SMILES string of the molecule is CCCCCCN/N=C/c1ccc(O)c(OC)c1. The van der Waals surface area contributed by atoms with Crippen molar-refractivity contribution in [3.8, 4) is 11.5 Å². The fraction of sp³-hybridized carbons (Fsp3) is 0.500. The lowest BCUT2D eigenvalue weighted by atomic mass is 10.2. The number of hydrogen-bond donors (Lipinski definition) is 2. The predicted molar refractivity (Wildman–Crippen MR) is 74.4 cm³/mol. The molecule has 0 radical (unpaired) electrons. The molecule has 100 valence electrons. The van der Waals surface area contributed by atoms with Gasteiger partial charge in [-0.1, -0.05) is 26.2 Å². The van der Waals surface area contributed by atoms with Crippen molar-refractivity contribution < 1.29 is 9.84 Å². The van der Waals surface area contributed by atoms with Crippen molar-refractivity contribution in [3.63, 3.8) is 0 Å². The van der Waals surface area contributed by atoms with Crippen LogP contribution in [0.25, 0.3) is 0 Å². The molecule has 1 aromatic rings. The van der Waals surface area contributed by atoms with E-state index in [0.29, 0.717) is 5.75 Å². The molecule has 0 aliphatic rings. The summed E-state index contributed by atoms with van der Waals surface area (Å²) in [5, 5.41) is 13.6. The van der Waals surface area contributed by atoms with Gasteiger partial charge in [0.2, 0.25) is 0 Å². The lowest BCUT2D eigenvalue weighted by Crippen LogP contribution is -2.07. The Bertz CT molecular complexity index is 378. The first-order valence-electron chi connectivity index (χ1n) is 6.41. The maximum absolute atomic E-state index is 9.44. The second kappa shape index (κ2) is 8.39. The smallest absolute Gasteiger partial charge is 0.161 e. The van der Waals surface area contributed by atoms with Crippen LogP contribution in [0.3, 0.4) is 0 Å². The molecule has 18 heavy (non-hydrogen) atoms. The molecule has 0 spiro atoms. The second-order valence-electron chi connectivity index (χ2n) is 4.16. The van der Waals surface area contributed by atoms with Crippen molar-refractivity contribution in [2.75, 3.05) is 13.7 Å². The third-order valence-electron chi connectivity index (χ3n) is 2.65. The fourth-order valence-electron chi connectivity index (χ4n) is 1.59. The molecule has 0 amide bonds. The van der Waals surface area contributed by atoms with E-state index in [9.17, 15) is 5.11 Å². The molecule has 0 atom stereocenters. The molecule has 0 saturated heterocycles. The molecular formula is C14H22N2O2. The van der Waals surface area contributed by atoms with Crippen LogP contribution in [0, 0.1) is 0 Å². The molecule has 0 aliphatic carbocycles. The standard InChI is InChI=1S/C14H22N2O2/c1-3-4-5-6-9-15-16-11-12-7-8-13(17)14(10-12)18-2/h7-8,10-11,15,17H,3-6,9H2,1-2H3/b16-11+. The zero-order valence-electron chi connectivity index (χ0n) is 11.1. The highest BCUT2D eigenvalue weighted by atomic mass is 16.5. The average molecular weight is 250 g/mol. The number of phenolic OH excluding ortho intramolecular Hbond substituents is 1. The minimum Gasteiger partial charge on any atom is -0.504 e. The minimum atomic E-state index is 0.141. The van der Waals surface area contributed by atoms with E-state index < -0.39 is 0 Å². The Balaban J connectivity index is 2.33. The molecule has 4 nitrogen and oxygen atoms in total. The summed E-state index contributed by atoms with van der Waals surface area (Å²) >= 11 is 0. The van der Waals surface area contributed by atoms with Crippen molar-refractivity contribution in [3.05, 3.63) is 23.8 Å². The molecule has 2 N–H and O–H groups in total. The third-order valence-corrected chi connectivity index (χ3v) is 2.65. The van der Waals surface area contributed by atoms with Crippen LogP contribution in [0.2, 0.25) is 0 Å². The number of hydrogen-bond acceptors (Lipinski definition) is 4. The van der Waals surface area contributed by atoms with Gasteiger partial charge in [-0.3, -0.25) is 0 Å². The molecule has 0 aliphatic heterocycles. The van der Waals surface area contributed by atoms with E-state index in [4.69, 9.17) is 4.74 Å². The first-order valence-corrected chi connectivity index (χ1v) is 6.41. The average Bonchev–Trinajstić information content (AvgIpc) is 2.39. The normalized spacial score (nSPS) is 10.8. The number of ether oxygens (including phenoxy) is 1. The van der Waals surface area contributed by atoms with Crippen molar-refractivity contribution in [1.82, 2.24) is 5.43 Å². The first-order chi connectivity index (χ1) is 8.77. The van der Waals surface area contributed by atoms with Gasteiger partial charge >= 0.3 is 0 Å². The number of nitrogens with zero attached hydrogens (tertiary/aromatic N) is 1. The van der Waals surface area contributed by atoms with E-state index in [1.165, 1.54) is 26.4 Å².